The van der Waals surface area contributed by atoms with Gasteiger partial charge in [-0.3, -0.25) is 4.79 Å². The summed E-state index contributed by atoms with van der Waals surface area (Å²) in [7, 11) is 0. The summed E-state index contributed by atoms with van der Waals surface area (Å²) in [5, 5.41) is 6.45. The van der Waals surface area contributed by atoms with Crippen molar-refractivity contribution in [2.24, 2.45) is 5.92 Å². The quantitative estimate of drug-likeness (QED) is 0.754. The third-order valence-electron chi connectivity index (χ3n) is 4.89. The number of nitrogens with one attached hydrogen (secondary N) is 2. The molecular formula is C18H28N4O. The van der Waals surface area contributed by atoms with E-state index in [0.29, 0.717) is 0 Å². The highest BCUT2D eigenvalue weighted by Crippen LogP contribution is 2.20. The largest absolute Gasteiger partial charge is 0.370 e. The van der Waals surface area contributed by atoms with Crippen LogP contribution >= 0.6 is 0 Å². The van der Waals surface area contributed by atoms with Gasteiger partial charge in [0.2, 0.25) is 5.91 Å². The summed E-state index contributed by atoms with van der Waals surface area (Å²) in [5.41, 5.74) is 2.50. The van der Waals surface area contributed by atoms with Gasteiger partial charge in [0, 0.05) is 31.9 Å². The standard InChI is InChI=1S/C18H28N4O/c1-2-22-12-15(13-22)18(23)20-10-4-3-7-16-9-8-14-6-5-11-19-17(14)21-16/h8-9,15H,2-7,10-13H2,1H3,(H,19,21)(H,20,23). The van der Waals surface area contributed by atoms with Gasteiger partial charge in [0.1, 0.15) is 5.82 Å². The number of carbonyl (C=O) groups is 1. The summed E-state index contributed by atoms with van der Waals surface area (Å²) in [6.07, 6.45) is 5.40. The van der Waals surface area contributed by atoms with Gasteiger partial charge in [-0.1, -0.05) is 13.0 Å². The van der Waals surface area contributed by atoms with E-state index in [4.69, 9.17) is 4.98 Å². The van der Waals surface area contributed by atoms with Crippen LogP contribution in [-0.4, -0.2) is 48.5 Å². The number of unbranched alkanes of at least 4 members (excludes halogenated alkanes) is 1. The SMILES string of the molecule is CCN1CC(C(=O)NCCCCc2ccc3c(n2)NCCC3)C1. The molecule has 0 aromatic carbocycles. The molecule has 0 radical (unpaired) electrons. The van der Waals surface area contributed by atoms with Gasteiger partial charge >= 0.3 is 0 Å². The molecule has 0 bridgehead atoms. The van der Waals surface area contributed by atoms with Crippen LogP contribution in [0.3, 0.4) is 0 Å². The molecule has 0 unspecified atom stereocenters. The first-order valence-corrected chi connectivity index (χ1v) is 8.99. The maximum atomic E-state index is 11.9. The number of aromatic nitrogens is 1. The third-order valence-corrected chi connectivity index (χ3v) is 4.89. The van der Waals surface area contributed by atoms with Gasteiger partial charge in [-0.2, -0.15) is 0 Å². The Morgan fingerprint density at radius 3 is 3.09 bits per heavy atom. The summed E-state index contributed by atoms with van der Waals surface area (Å²) < 4.78 is 0. The fourth-order valence-corrected chi connectivity index (χ4v) is 3.29. The van der Waals surface area contributed by atoms with E-state index in [2.05, 4.69) is 34.6 Å². The van der Waals surface area contributed by atoms with Gasteiger partial charge in [-0.05, 0) is 50.3 Å². The van der Waals surface area contributed by atoms with Gasteiger partial charge < -0.3 is 15.5 Å². The van der Waals surface area contributed by atoms with Crippen molar-refractivity contribution in [1.82, 2.24) is 15.2 Å². The second-order valence-electron chi connectivity index (χ2n) is 6.64. The zero-order valence-electron chi connectivity index (χ0n) is 14.1. The number of hydrogen-bond acceptors (Lipinski definition) is 4. The summed E-state index contributed by atoms with van der Waals surface area (Å²) in [6.45, 7) is 6.85. The third kappa shape index (κ3) is 4.22. The van der Waals surface area contributed by atoms with Crippen LogP contribution in [0.2, 0.25) is 0 Å². The Labute approximate surface area is 138 Å². The molecule has 3 heterocycles. The van der Waals surface area contributed by atoms with Gasteiger partial charge in [0.15, 0.2) is 0 Å². The molecule has 2 N–H and O–H groups in total. The van der Waals surface area contributed by atoms with Crippen molar-refractivity contribution in [3.05, 3.63) is 23.4 Å². The number of aryl methyl sites for hydroxylation is 2. The van der Waals surface area contributed by atoms with Crippen molar-refractivity contribution in [3.8, 4) is 0 Å². The summed E-state index contributed by atoms with van der Waals surface area (Å²) >= 11 is 0. The first kappa shape index (κ1) is 16.2. The predicted molar refractivity (Wildman–Crippen MR) is 92.6 cm³/mol. The summed E-state index contributed by atoms with van der Waals surface area (Å²) in [6, 6.07) is 4.36. The highest BCUT2D eigenvalue weighted by atomic mass is 16.2. The molecular weight excluding hydrogens is 288 g/mol. The molecule has 0 atom stereocenters. The molecule has 0 saturated carbocycles. The van der Waals surface area contributed by atoms with E-state index in [9.17, 15) is 4.79 Å². The number of hydrogen-bond donors (Lipinski definition) is 2. The van der Waals surface area contributed by atoms with Gasteiger partial charge in [0.05, 0.1) is 5.92 Å². The molecule has 2 aliphatic heterocycles. The van der Waals surface area contributed by atoms with Crippen LogP contribution in [0.5, 0.6) is 0 Å². The number of anilines is 1. The molecule has 5 heteroatoms. The molecule has 126 valence electrons. The minimum absolute atomic E-state index is 0.211. The maximum Gasteiger partial charge on any atom is 0.225 e. The van der Waals surface area contributed by atoms with E-state index < -0.39 is 0 Å². The fourth-order valence-electron chi connectivity index (χ4n) is 3.29. The zero-order chi connectivity index (χ0) is 16.1. The van der Waals surface area contributed by atoms with E-state index >= 15 is 0 Å². The lowest BCUT2D eigenvalue weighted by molar-refractivity contribution is -0.130. The van der Waals surface area contributed by atoms with E-state index in [0.717, 1.165) is 69.9 Å². The molecule has 23 heavy (non-hydrogen) atoms. The Balaban J connectivity index is 1.32. The number of amides is 1. The molecule has 0 aliphatic carbocycles. The molecule has 1 fully saturated rings. The number of pyridine rings is 1. The van der Waals surface area contributed by atoms with Crippen molar-refractivity contribution in [2.45, 2.75) is 39.0 Å². The first-order valence-electron chi connectivity index (χ1n) is 8.99. The highest BCUT2D eigenvalue weighted by Gasteiger charge is 2.30. The monoisotopic (exact) mass is 316 g/mol. The van der Waals surface area contributed by atoms with Crippen LogP contribution in [0, 0.1) is 5.92 Å². The summed E-state index contributed by atoms with van der Waals surface area (Å²) in [4.78, 5) is 18.9. The second kappa shape index (κ2) is 7.77. The van der Waals surface area contributed by atoms with Crippen LogP contribution in [0.1, 0.15) is 37.4 Å². The Morgan fingerprint density at radius 2 is 2.26 bits per heavy atom. The van der Waals surface area contributed by atoms with Crippen molar-refractivity contribution >= 4 is 11.7 Å². The Kier molecular flexibility index (Phi) is 5.49. The Bertz CT molecular complexity index is 540. The molecule has 1 saturated heterocycles. The molecule has 1 amide bonds. The molecule has 2 aliphatic rings. The number of rotatable bonds is 7. The molecule has 0 spiro atoms. The average Bonchev–Trinajstić information content (AvgIpc) is 2.53. The van der Waals surface area contributed by atoms with Crippen LogP contribution in [0.4, 0.5) is 5.82 Å². The fraction of sp³-hybridized carbons (Fsp3) is 0.667. The number of nitrogens with zero attached hydrogens (tertiary/aromatic N) is 2. The van der Waals surface area contributed by atoms with Gasteiger partial charge in [-0.15, -0.1) is 0 Å². The molecule has 1 aromatic rings. The smallest absolute Gasteiger partial charge is 0.225 e. The Hall–Kier alpha value is -1.62. The normalized spacial score (nSPS) is 18.0. The average molecular weight is 316 g/mol. The van der Waals surface area contributed by atoms with E-state index in [-0.39, 0.29) is 11.8 Å². The number of carbonyl (C=O) groups excluding carboxylic acids is 1. The first-order chi connectivity index (χ1) is 11.3. The second-order valence-corrected chi connectivity index (χ2v) is 6.64. The van der Waals surface area contributed by atoms with E-state index in [1.54, 1.807) is 0 Å². The highest BCUT2D eigenvalue weighted by molar-refractivity contribution is 5.79. The lowest BCUT2D eigenvalue weighted by atomic mass is 9.99. The lowest BCUT2D eigenvalue weighted by Crippen LogP contribution is -2.53. The lowest BCUT2D eigenvalue weighted by Gasteiger charge is -2.37. The van der Waals surface area contributed by atoms with Crippen molar-refractivity contribution in [2.75, 3.05) is 38.0 Å². The summed E-state index contributed by atoms with van der Waals surface area (Å²) in [5.74, 6) is 1.52. The Morgan fingerprint density at radius 1 is 1.39 bits per heavy atom. The van der Waals surface area contributed by atoms with Crippen LogP contribution in [0.25, 0.3) is 0 Å². The predicted octanol–water partition coefficient (Wildman–Crippen LogP) is 1.83. The van der Waals surface area contributed by atoms with Crippen molar-refractivity contribution in [1.29, 1.82) is 0 Å². The maximum absolute atomic E-state index is 11.9. The van der Waals surface area contributed by atoms with Crippen LogP contribution < -0.4 is 10.6 Å². The van der Waals surface area contributed by atoms with E-state index in [1.807, 2.05) is 0 Å². The van der Waals surface area contributed by atoms with E-state index in [1.165, 1.54) is 12.0 Å². The van der Waals surface area contributed by atoms with Crippen LogP contribution in [-0.2, 0) is 17.6 Å². The number of fused-ring (bicyclic) bond motifs is 1. The van der Waals surface area contributed by atoms with Gasteiger partial charge in [-0.25, -0.2) is 4.98 Å². The topological polar surface area (TPSA) is 57.3 Å². The molecule has 5 nitrogen and oxygen atoms in total. The van der Waals surface area contributed by atoms with Crippen molar-refractivity contribution < 1.29 is 4.79 Å². The van der Waals surface area contributed by atoms with Crippen molar-refractivity contribution in [3.63, 3.8) is 0 Å². The number of likely N-dealkylation sites (tertiary alicyclic amines) is 1. The molecule has 3 rings (SSSR count). The van der Waals surface area contributed by atoms with Crippen LogP contribution in [0.15, 0.2) is 12.1 Å². The minimum atomic E-state index is 0.211. The minimum Gasteiger partial charge on any atom is -0.370 e. The zero-order valence-corrected chi connectivity index (χ0v) is 14.1. The molecule has 1 aromatic heterocycles. The van der Waals surface area contributed by atoms with Gasteiger partial charge in [0.25, 0.3) is 0 Å².